The van der Waals surface area contributed by atoms with E-state index < -0.39 is 0 Å². The zero-order valence-electron chi connectivity index (χ0n) is 17.2. The number of pyridine rings is 1. The largest absolute Gasteiger partial charge is 0.489 e. The first kappa shape index (κ1) is 19.7. The van der Waals surface area contributed by atoms with Gasteiger partial charge in [0.1, 0.15) is 17.7 Å². The van der Waals surface area contributed by atoms with Gasteiger partial charge < -0.3 is 15.0 Å². The summed E-state index contributed by atoms with van der Waals surface area (Å²) in [6, 6.07) is 28.4. The molecule has 1 saturated heterocycles. The van der Waals surface area contributed by atoms with Crippen molar-refractivity contribution in [1.82, 2.24) is 4.98 Å². The number of nitrogens with one attached hydrogen (secondary N) is 1. The molecule has 1 atom stereocenters. The van der Waals surface area contributed by atoms with Crippen LogP contribution in [0.1, 0.15) is 12.0 Å². The molecule has 1 aliphatic heterocycles. The normalized spacial score (nSPS) is 15.9. The summed E-state index contributed by atoms with van der Waals surface area (Å²) in [7, 11) is 0. The minimum absolute atomic E-state index is 0.180. The van der Waals surface area contributed by atoms with Crippen LogP contribution in [-0.4, -0.2) is 24.2 Å². The van der Waals surface area contributed by atoms with Crippen molar-refractivity contribution in [3.05, 3.63) is 95.5 Å². The summed E-state index contributed by atoms with van der Waals surface area (Å²) in [5.74, 6) is 1.80. The number of fused-ring (bicyclic) bond motifs is 1. The Morgan fingerprint density at radius 3 is 2.58 bits per heavy atom. The Hall–Kier alpha value is -3.24. The molecule has 0 aliphatic carbocycles. The molecule has 0 spiro atoms. The molecule has 4 nitrogen and oxygen atoms in total. The van der Waals surface area contributed by atoms with Crippen LogP contribution >= 0.6 is 11.6 Å². The minimum atomic E-state index is 0.180. The van der Waals surface area contributed by atoms with Gasteiger partial charge in [0.15, 0.2) is 0 Å². The van der Waals surface area contributed by atoms with Gasteiger partial charge in [-0.2, -0.15) is 0 Å². The average Bonchev–Trinajstić information content (AvgIpc) is 3.27. The number of para-hydroxylation sites is 2. The molecular weight excluding hydrogens is 406 g/mol. The molecule has 3 aromatic carbocycles. The molecule has 0 radical (unpaired) electrons. The molecule has 0 amide bonds. The van der Waals surface area contributed by atoms with Crippen LogP contribution < -0.4 is 15.0 Å². The Morgan fingerprint density at radius 1 is 0.968 bits per heavy atom. The average molecular weight is 430 g/mol. The number of hydrogen-bond donors (Lipinski definition) is 1. The second-order valence-corrected chi connectivity index (χ2v) is 8.25. The summed E-state index contributed by atoms with van der Waals surface area (Å²) >= 11 is 6.00. The quantitative estimate of drug-likeness (QED) is 0.398. The van der Waals surface area contributed by atoms with Gasteiger partial charge in [-0.3, -0.25) is 0 Å². The van der Waals surface area contributed by atoms with Crippen molar-refractivity contribution >= 4 is 34.0 Å². The highest BCUT2D eigenvalue weighted by molar-refractivity contribution is 6.30. The maximum absolute atomic E-state index is 6.20. The molecule has 1 N–H and O–H groups in total. The highest BCUT2D eigenvalue weighted by atomic mass is 35.5. The maximum Gasteiger partial charge on any atom is 0.129 e. The van der Waals surface area contributed by atoms with Crippen LogP contribution in [0.3, 0.4) is 0 Å². The van der Waals surface area contributed by atoms with E-state index in [0.29, 0.717) is 6.54 Å². The number of hydrogen-bond acceptors (Lipinski definition) is 4. The summed E-state index contributed by atoms with van der Waals surface area (Å²) in [5, 5.41) is 5.39. The van der Waals surface area contributed by atoms with Crippen LogP contribution in [0.2, 0.25) is 5.02 Å². The van der Waals surface area contributed by atoms with Crippen LogP contribution in [0.25, 0.3) is 10.9 Å². The second-order valence-electron chi connectivity index (χ2n) is 7.81. The SMILES string of the molecule is Clc1ccc(CNc2cc(N3CCC(Oc4ccccc4)C3)c3ccccc3n2)cc1. The third-order valence-electron chi connectivity index (χ3n) is 5.61. The van der Waals surface area contributed by atoms with E-state index >= 15 is 0 Å². The number of ether oxygens (including phenoxy) is 1. The van der Waals surface area contributed by atoms with Crippen LogP contribution in [0, 0.1) is 0 Å². The van der Waals surface area contributed by atoms with E-state index in [9.17, 15) is 0 Å². The lowest BCUT2D eigenvalue weighted by Gasteiger charge is -2.22. The molecule has 0 saturated carbocycles. The van der Waals surface area contributed by atoms with Crippen molar-refractivity contribution in [2.24, 2.45) is 0 Å². The number of nitrogens with zero attached hydrogens (tertiary/aromatic N) is 2. The molecule has 4 aromatic rings. The molecule has 5 heteroatoms. The highest BCUT2D eigenvalue weighted by Gasteiger charge is 2.26. The third kappa shape index (κ3) is 4.59. The van der Waals surface area contributed by atoms with E-state index in [-0.39, 0.29) is 6.10 Å². The zero-order valence-corrected chi connectivity index (χ0v) is 17.9. The Bertz CT molecular complexity index is 1160. The standard InChI is InChI=1S/C26H24ClN3O/c27-20-12-10-19(11-13-20)17-28-26-16-25(23-8-4-5-9-24(23)29-26)30-15-14-22(18-30)31-21-6-2-1-3-7-21/h1-13,16,22H,14-15,17-18H2,(H,28,29). The summed E-state index contributed by atoms with van der Waals surface area (Å²) in [6.45, 7) is 2.52. The molecule has 0 bridgehead atoms. The third-order valence-corrected chi connectivity index (χ3v) is 5.86. The number of anilines is 2. The fourth-order valence-electron chi connectivity index (χ4n) is 4.04. The topological polar surface area (TPSA) is 37.4 Å². The number of rotatable bonds is 6. The lowest BCUT2D eigenvalue weighted by molar-refractivity contribution is 0.225. The molecule has 1 fully saturated rings. The smallest absolute Gasteiger partial charge is 0.129 e. The van der Waals surface area contributed by atoms with Crippen molar-refractivity contribution < 1.29 is 4.74 Å². The summed E-state index contributed by atoms with van der Waals surface area (Å²) in [6.07, 6.45) is 1.18. The van der Waals surface area contributed by atoms with E-state index in [1.54, 1.807) is 0 Å². The molecule has 1 aromatic heterocycles. The number of halogens is 1. The zero-order chi connectivity index (χ0) is 21.0. The molecule has 1 unspecified atom stereocenters. The first-order valence-corrected chi connectivity index (χ1v) is 11.0. The van der Waals surface area contributed by atoms with Gasteiger partial charge in [0.25, 0.3) is 0 Å². The molecular formula is C26H24ClN3O. The number of benzene rings is 3. The Balaban J connectivity index is 1.36. The second kappa shape index (κ2) is 8.86. The Labute approximate surface area is 187 Å². The first-order chi connectivity index (χ1) is 15.2. The van der Waals surface area contributed by atoms with Crippen LogP contribution in [0.4, 0.5) is 11.5 Å². The van der Waals surface area contributed by atoms with E-state index in [4.69, 9.17) is 21.3 Å². The fraction of sp³-hybridized carbons (Fsp3) is 0.192. The summed E-state index contributed by atoms with van der Waals surface area (Å²) in [4.78, 5) is 7.24. The molecule has 156 valence electrons. The molecule has 5 rings (SSSR count). The van der Waals surface area contributed by atoms with Crippen molar-refractivity contribution in [1.29, 1.82) is 0 Å². The van der Waals surface area contributed by atoms with Crippen LogP contribution in [0.15, 0.2) is 84.9 Å². The van der Waals surface area contributed by atoms with Gasteiger partial charge in [-0.25, -0.2) is 4.98 Å². The van der Waals surface area contributed by atoms with Gasteiger partial charge in [0.2, 0.25) is 0 Å². The van der Waals surface area contributed by atoms with Crippen molar-refractivity contribution in [2.75, 3.05) is 23.3 Å². The summed E-state index contributed by atoms with van der Waals surface area (Å²) in [5.41, 5.74) is 3.35. The van der Waals surface area contributed by atoms with Gasteiger partial charge in [0, 0.05) is 41.7 Å². The van der Waals surface area contributed by atoms with Crippen LogP contribution in [0.5, 0.6) is 5.75 Å². The van der Waals surface area contributed by atoms with Gasteiger partial charge in [-0.1, -0.05) is 60.1 Å². The lowest BCUT2D eigenvalue weighted by atomic mass is 10.1. The monoisotopic (exact) mass is 429 g/mol. The molecule has 1 aliphatic rings. The van der Waals surface area contributed by atoms with E-state index in [0.717, 1.165) is 41.6 Å². The lowest BCUT2D eigenvalue weighted by Crippen LogP contribution is -2.25. The highest BCUT2D eigenvalue weighted by Crippen LogP contribution is 2.32. The van der Waals surface area contributed by atoms with E-state index in [2.05, 4.69) is 34.5 Å². The minimum Gasteiger partial charge on any atom is -0.489 e. The van der Waals surface area contributed by atoms with Crippen molar-refractivity contribution in [3.63, 3.8) is 0 Å². The van der Waals surface area contributed by atoms with Gasteiger partial charge in [-0.05, 0) is 35.9 Å². The maximum atomic E-state index is 6.20. The predicted octanol–water partition coefficient (Wildman–Crippen LogP) is 6.16. The van der Waals surface area contributed by atoms with Crippen molar-refractivity contribution in [2.45, 2.75) is 19.1 Å². The predicted molar refractivity (Wildman–Crippen MR) is 128 cm³/mol. The first-order valence-electron chi connectivity index (χ1n) is 10.6. The van der Waals surface area contributed by atoms with E-state index in [1.165, 1.54) is 16.6 Å². The fourth-order valence-corrected chi connectivity index (χ4v) is 4.16. The number of aromatic nitrogens is 1. The van der Waals surface area contributed by atoms with Crippen molar-refractivity contribution in [3.8, 4) is 5.75 Å². The molecule has 31 heavy (non-hydrogen) atoms. The van der Waals surface area contributed by atoms with Gasteiger partial charge >= 0.3 is 0 Å². The van der Waals surface area contributed by atoms with Gasteiger partial charge in [-0.15, -0.1) is 0 Å². The van der Waals surface area contributed by atoms with E-state index in [1.807, 2.05) is 60.7 Å². The van der Waals surface area contributed by atoms with Crippen LogP contribution in [-0.2, 0) is 6.54 Å². The van der Waals surface area contributed by atoms with Gasteiger partial charge in [0.05, 0.1) is 12.1 Å². The Kier molecular flexibility index (Phi) is 5.63. The molecule has 2 heterocycles. The summed E-state index contributed by atoms with van der Waals surface area (Å²) < 4.78 is 6.20. The Morgan fingerprint density at radius 2 is 1.74 bits per heavy atom.